The second-order valence-electron chi connectivity index (χ2n) is 4.48. The first-order chi connectivity index (χ1) is 9.13. The van der Waals surface area contributed by atoms with Crippen LogP contribution in [0.4, 0.5) is 0 Å². The summed E-state index contributed by atoms with van der Waals surface area (Å²) < 4.78 is 5.88. The topological polar surface area (TPSA) is 21.3 Å². The standard InChI is InChI=1S/C15H23Cl2NO/c1-4-7-14(19-6-3)15(18-5-2)12-10-11(16)8-9-13(12)17/h8-10,14-15,18H,4-7H2,1-3H3. The van der Waals surface area contributed by atoms with E-state index in [0.717, 1.165) is 30.0 Å². The van der Waals surface area contributed by atoms with Crippen molar-refractivity contribution < 1.29 is 4.74 Å². The highest BCUT2D eigenvalue weighted by atomic mass is 35.5. The summed E-state index contributed by atoms with van der Waals surface area (Å²) >= 11 is 12.4. The Hall–Kier alpha value is -0.280. The van der Waals surface area contributed by atoms with Crippen LogP contribution in [-0.2, 0) is 4.74 Å². The number of hydrogen-bond donors (Lipinski definition) is 1. The van der Waals surface area contributed by atoms with Crippen LogP contribution in [0.5, 0.6) is 0 Å². The van der Waals surface area contributed by atoms with Crippen LogP contribution in [-0.4, -0.2) is 19.3 Å². The van der Waals surface area contributed by atoms with Gasteiger partial charge in [-0.25, -0.2) is 0 Å². The molecule has 0 amide bonds. The zero-order valence-corrected chi connectivity index (χ0v) is 13.4. The SMILES string of the molecule is CCCC(OCC)C(NCC)c1cc(Cl)ccc1Cl. The van der Waals surface area contributed by atoms with Gasteiger partial charge < -0.3 is 10.1 Å². The molecular formula is C15H23Cl2NO. The van der Waals surface area contributed by atoms with Gasteiger partial charge in [0, 0.05) is 16.7 Å². The highest BCUT2D eigenvalue weighted by Crippen LogP contribution is 2.31. The van der Waals surface area contributed by atoms with Gasteiger partial charge in [-0.15, -0.1) is 0 Å². The van der Waals surface area contributed by atoms with Crippen molar-refractivity contribution in [3.05, 3.63) is 33.8 Å². The molecule has 108 valence electrons. The van der Waals surface area contributed by atoms with E-state index in [-0.39, 0.29) is 12.1 Å². The molecule has 4 heteroatoms. The molecule has 1 N–H and O–H groups in total. The fourth-order valence-corrected chi connectivity index (χ4v) is 2.67. The smallest absolute Gasteiger partial charge is 0.0770 e. The lowest BCUT2D eigenvalue weighted by Crippen LogP contribution is -2.34. The first kappa shape index (κ1) is 16.8. The Balaban J connectivity index is 3.05. The Morgan fingerprint density at radius 2 is 1.95 bits per heavy atom. The molecule has 2 atom stereocenters. The van der Waals surface area contributed by atoms with Crippen molar-refractivity contribution >= 4 is 23.2 Å². The summed E-state index contributed by atoms with van der Waals surface area (Å²) in [5, 5.41) is 4.90. The third-order valence-electron chi connectivity index (χ3n) is 3.04. The predicted octanol–water partition coefficient (Wildman–Crippen LogP) is 4.85. The Kier molecular flexibility index (Phi) is 7.77. The van der Waals surface area contributed by atoms with Crippen molar-refractivity contribution in [1.82, 2.24) is 5.32 Å². The molecule has 2 nitrogen and oxygen atoms in total. The fourth-order valence-electron chi connectivity index (χ4n) is 2.26. The Labute approximate surface area is 126 Å². The summed E-state index contributed by atoms with van der Waals surface area (Å²) in [4.78, 5) is 0. The number of ether oxygens (including phenoxy) is 1. The number of likely N-dealkylation sites (N-methyl/N-ethyl adjacent to an activating group) is 1. The molecule has 0 spiro atoms. The molecule has 19 heavy (non-hydrogen) atoms. The van der Waals surface area contributed by atoms with E-state index in [1.807, 2.05) is 25.1 Å². The van der Waals surface area contributed by atoms with E-state index in [9.17, 15) is 0 Å². The number of rotatable bonds is 8. The van der Waals surface area contributed by atoms with Crippen LogP contribution >= 0.6 is 23.2 Å². The van der Waals surface area contributed by atoms with Crippen molar-refractivity contribution in [1.29, 1.82) is 0 Å². The van der Waals surface area contributed by atoms with Crippen LogP contribution in [0, 0.1) is 0 Å². The Morgan fingerprint density at radius 1 is 1.21 bits per heavy atom. The van der Waals surface area contributed by atoms with Gasteiger partial charge in [0.05, 0.1) is 12.1 Å². The molecule has 1 aromatic carbocycles. The molecule has 0 heterocycles. The molecule has 0 radical (unpaired) electrons. The van der Waals surface area contributed by atoms with E-state index in [0.29, 0.717) is 11.6 Å². The van der Waals surface area contributed by atoms with Crippen LogP contribution < -0.4 is 5.32 Å². The second kappa shape index (κ2) is 8.80. The number of nitrogens with one attached hydrogen (secondary N) is 1. The third-order valence-corrected chi connectivity index (χ3v) is 3.62. The van der Waals surface area contributed by atoms with Gasteiger partial charge in [-0.3, -0.25) is 0 Å². The van der Waals surface area contributed by atoms with Crippen molar-refractivity contribution in [2.24, 2.45) is 0 Å². The maximum atomic E-state index is 6.32. The van der Waals surface area contributed by atoms with Gasteiger partial charge in [-0.05, 0) is 43.7 Å². The second-order valence-corrected chi connectivity index (χ2v) is 5.33. The monoisotopic (exact) mass is 303 g/mol. The third kappa shape index (κ3) is 4.96. The van der Waals surface area contributed by atoms with E-state index >= 15 is 0 Å². The minimum absolute atomic E-state index is 0.0797. The zero-order chi connectivity index (χ0) is 14.3. The van der Waals surface area contributed by atoms with Gasteiger partial charge in [0.1, 0.15) is 0 Å². The first-order valence-electron chi connectivity index (χ1n) is 6.93. The summed E-state index contributed by atoms with van der Waals surface area (Å²) in [6.07, 6.45) is 2.19. The van der Waals surface area contributed by atoms with Gasteiger partial charge in [-0.1, -0.05) is 43.5 Å². The normalized spacial score (nSPS) is 14.4. The lowest BCUT2D eigenvalue weighted by atomic mass is 9.98. The van der Waals surface area contributed by atoms with E-state index in [1.165, 1.54) is 0 Å². The Bertz CT molecular complexity index is 378. The summed E-state index contributed by atoms with van der Waals surface area (Å²) in [5.41, 5.74) is 1.02. The molecule has 0 aromatic heterocycles. The van der Waals surface area contributed by atoms with Gasteiger partial charge >= 0.3 is 0 Å². The average molecular weight is 304 g/mol. The minimum Gasteiger partial charge on any atom is -0.377 e. The predicted molar refractivity (Wildman–Crippen MR) is 83.2 cm³/mol. The molecule has 0 bridgehead atoms. The number of benzene rings is 1. The summed E-state index contributed by atoms with van der Waals surface area (Å²) in [7, 11) is 0. The quantitative estimate of drug-likeness (QED) is 0.741. The van der Waals surface area contributed by atoms with E-state index < -0.39 is 0 Å². The van der Waals surface area contributed by atoms with Crippen molar-refractivity contribution in [2.75, 3.05) is 13.2 Å². The van der Waals surface area contributed by atoms with Gasteiger partial charge in [0.25, 0.3) is 0 Å². The van der Waals surface area contributed by atoms with Crippen LogP contribution in [0.3, 0.4) is 0 Å². The van der Waals surface area contributed by atoms with E-state index in [4.69, 9.17) is 27.9 Å². The zero-order valence-electron chi connectivity index (χ0n) is 11.9. The largest absolute Gasteiger partial charge is 0.377 e. The molecule has 0 aliphatic rings. The molecular weight excluding hydrogens is 281 g/mol. The molecule has 0 saturated heterocycles. The van der Waals surface area contributed by atoms with E-state index in [1.54, 1.807) is 0 Å². The lowest BCUT2D eigenvalue weighted by Gasteiger charge is -2.28. The highest BCUT2D eigenvalue weighted by Gasteiger charge is 2.24. The van der Waals surface area contributed by atoms with Gasteiger partial charge in [0.2, 0.25) is 0 Å². The maximum absolute atomic E-state index is 6.32. The van der Waals surface area contributed by atoms with Crippen LogP contribution in [0.25, 0.3) is 0 Å². The first-order valence-corrected chi connectivity index (χ1v) is 7.69. The fraction of sp³-hybridized carbons (Fsp3) is 0.600. The highest BCUT2D eigenvalue weighted by molar-refractivity contribution is 6.33. The lowest BCUT2D eigenvalue weighted by molar-refractivity contribution is 0.0280. The number of halogens is 2. The average Bonchev–Trinajstić information content (AvgIpc) is 2.39. The van der Waals surface area contributed by atoms with E-state index in [2.05, 4.69) is 19.2 Å². The minimum atomic E-state index is 0.0797. The molecule has 0 aliphatic heterocycles. The van der Waals surface area contributed by atoms with Crippen LogP contribution in [0.1, 0.15) is 45.2 Å². The van der Waals surface area contributed by atoms with Crippen LogP contribution in [0.2, 0.25) is 10.0 Å². The molecule has 1 aromatic rings. The molecule has 0 fully saturated rings. The van der Waals surface area contributed by atoms with Crippen molar-refractivity contribution in [3.63, 3.8) is 0 Å². The van der Waals surface area contributed by atoms with Crippen LogP contribution in [0.15, 0.2) is 18.2 Å². The maximum Gasteiger partial charge on any atom is 0.0770 e. The molecule has 0 aliphatic carbocycles. The van der Waals surface area contributed by atoms with Gasteiger partial charge in [0.15, 0.2) is 0 Å². The van der Waals surface area contributed by atoms with Crippen molar-refractivity contribution in [3.8, 4) is 0 Å². The Morgan fingerprint density at radius 3 is 2.53 bits per heavy atom. The molecule has 2 unspecified atom stereocenters. The summed E-state index contributed by atoms with van der Waals surface area (Å²) in [5.74, 6) is 0. The summed E-state index contributed by atoms with van der Waals surface area (Å²) in [6, 6.07) is 5.67. The van der Waals surface area contributed by atoms with Crippen molar-refractivity contribution in [2.45, 2.75) is 45.8 Å². The molecule has 0 saturated carbocycles. The number of hydrogen-bond acceptors (Lipinski definition) is 2. The molecule has 1 rings (SSSR count). The van der Waals surface area contributed by atoms with Gasteiger partial charge in [-0.2, -0.15) is 0 Å². The summed E-state index contributed by atoms with van der Waals surface area (Å²) in [6.45, 7) is 7.83.